The van der Waals surface area contributed by atoms with Crippen LogP contribution in [-0.4, -0.2) is 28.3 Å². The number of ether oxygens (including phenoxy) is 1. The second-order valence-corrected chi connectivity index (χ2v) is 7.02. The van der Waals surface area contributed by atoms with E-state index in [9.17, 15) is 13.2 Å². The quantitative estimate of drug-likeness (QED) is 0.820. The summed E-state index contributed by atoms with van der Waals surface area (Å²) in [6.45, 7) is 1.96. The molecule has 1 aromatic carbocycles. The number of amidine groups is 1. The summed E-state index contributed by atoms with van der Waals surface area (Å²) in [5.41, 5.74) is 3.98. The Hall–Kier alpha value is -2.42. The van der Waals surface area contributed by atoms with E-state index in [1.807, 2.05) is 0 Å². The number of benzene rings is 1. The maximum Gasteiger partial charge on any atom is 0.310 e. The van der Waals surface area contributed by atoms with Crippen LogP contribution in [0.1, 0.15) is 31.1 Å². The molecule has 146 valence electrons. The lowest BCUT2D eigenvalue weighted by Gasteiger charge is -2.37. The highest BCUT2D eigenvalue weighted by Crippen LogP contribution is 2.45. The monoisotopic (exact) mass is 401 g/mol. The van der Waals surface area contributed by atoms with E-state index < -0.39 is 29.9 Å². The van der Waals surface area contributed by atoms with Gasteiger partial charge in [0.25, 0.3) is 6.02 Å². The zero-order valence-corrected chi connectivity index (χ0v) is 15.7. The van der Waals surface area contributed by atoms with Crippen molar-refractivity contribution in [3.05, 3.63) is 46.5 Å². The Balaban J connectivity index is 1.97. The van der Waals surface area contributed by atoms with Gasteiger partial charge in [-0.2, -0.15) is 13.9 Å². The highest BCUT2D eigenvalue weighted by atomic mass is 35.5. The van der Waals surface area contributed by atoms with Gasteiger partial charge in [0.2, 0.25) is 0 Å². The first kappa shape index (κ1) is 19.3. The van der Waals surface area contributed by atoms with Crippen LogP contribution >= 0.6 is 11.6 Å². The highest BCUT2D eigenvalue weighted by Gasteiger charge is 2.56. The highest BCUT2D eigenvalue weighted by molar-refractivity contribution is 6.31. The molecule has 3 rings (SSSR count). The summed E-state index contributed by atoms with van der Waals surface area (Å²) in [5.74, 6) is -4.25. The second-order valence-electron chi connectivity index (χ2n) is 6.61. The molecule has 6 nitrogen and oxygen atoms in total. The Morgan fingerprint density at radius 1 is 1.41 bits per heavy atom. The molecule has 3 N–H and O–H groups in total. The standard InChI is InChI=1S/C17H19ClF3N5O/c1-9(14-12(18)7-26(3)25-14)23-10-4-5-13(19)11(6-10)16(2)17(20,21)8-27-15(22)24-16/h4-7,9,23H,8H2,1-3H3,(H2,22,24). The summed E-state index contributed by atoms with van der Waals surface area (Å²) >= 11 is 6.13. The molecule has 1 aliphatic rings. The van der Waals surface area contributed by atoms with Crippen LogP contribution in [0.5, 0.6) is 0 Å². The van der Waals surface area contributed by atoms with E-state index in [2.05, 4.69) is 20.1 Å². The molecule has 2 heterocycles. The first-order valence-corrected chi connectivity index (χ1v) is 8.53. The van der Waals surface area contributed by atoms with Crippen LogP contribution in [0.4, 0.5) is 18.9 Å². The lowest BCUT2D eigenvalue weighted by atomic mass is 9.85. The molecular weight excluding hydrogens is 383 g/mol. The molecule has 27 heavy (non-hydrogen) atoms. The van der Waals surface area contributed by atoms with Gasteiger partial charge in [-0.25, -0.2) is 9.38 Å². The van der Waals surface area contributed by atoms with Crippen molar-refractivity contribution in [2.45, 2.75) is 31.4 Å². The summed E-state index contributed by atoms with van der Waals surface area (Å²) in [5, 5.41) is 7.81. The molecule has 10 heteroatoms. The van der Waals surface area contributed by atoms with Crippen molar-refractivity contribution in [2.75, 3.05) is 11.9 Å². The lowest BCUT2D eigenvalue weighted by Crippen LogP contribution is -2.51. The van der Waals surface area contributed by atoms with Gasteiger partial charge in [-0.05, 0) is 32.0 Å². The first-order valence-electron chi connectivity index (χ1n) is 8.15. The number of hydrogen-bond donors (Lipinski definition) is 2. The molecular formula is C17H19ClF3N5O. The molecule has 1 aromatic heterocycles. The van der Waals surface area contributed by atoms with Crippen molar-refractivity contribution >= 4 is 23.3 Å². The predicted octanol–water partition coefficient (Wildman–Crippen LogP) is 3.58. The average molecular weight is 402 g/mol. The molecule has 0 saturated heterocycles. The summed E-state index contributed by atoms with van der Waals surface area (Å²) in [4.78, 5) is 3.71. The average Bonchev–Trinajstić information content (AvgIpc) is 2.92. The zero-order valence-electron chi connectivity index (χ0n) is 14.9. The van der Waals surface area contributed by atoms with E-state index in [0.29, 0.717) is 16.4 Å². The van der Waals surface area contributed by atoms with Crippen LogP contribution in [0.25, 0.3) is 0 Å². The number of hydrogen-bond acceptors (Lipinski definition) is 5. The fourth-order valence-corrected chi connectivity index (χ4v) is 3.32. The van der Waals surface area contributed by atoms with Crippen molar-refractivity contribution in [1.29, 1.82) is 0 Å². The van der Waals surface area contributed by atoms with Gasteiger partial charge in [0.15, 0.2) is 12.1 Å². The summed E-state index contributed by atoms with van der Waals surface area (Å²) < 4.78 is 49.6. The predicted molar refractivity (Wildman–Crippen MR) is 96.5 cm³/mol. The fraction of sp³-hybridized carbons (Fsp3) is 0.412. The molecule has 2 atom stereocenters. The lowest BCUT2D eigenvalue weighted by molar-refractivity contribution is -0.117. The second kappa shape index (κ2) is 6.63. The van der Waals surface area contributed by atoms with Crippen LogP contribution in [0, 0.1) is 5.82 Å². The number of halogens is 4. The molecule has 2 aromatic rings. The molecule has 0 radical (unpaired) electrons. The number of aliphatic imine (C=N–C) groups is 1. The number of aryl methyl sites for hydroxylation is 1. The van der Waals surface area contributed by atoms with Gasteiger partial charge in [-0.3, -0.25) is 4.68 Å². The van der Waals surface area contributed by atoms with E-state index in [4.69, 9.17) is 17.3 Å². The Kier molecular flexibility index (Phi) is 4.75. The minimum absolute atomic E-state index is 0.289. The Labute approximate surface area is 159 Å². The Bertz CT molecular complexity index is 901. The third-order valence-corrected chi connectivity index (χ3v) is 4.83. The molecule has 2 unspecified atom stereocenters. The molecule has 0 aliphatic carbocycles. The van der Waals surface area contributed by atoms with Crippen molar-refractivity contribution in [2.24, 2.45) is 17.8 Å². The molecule has 0 fully saturated rings. The Morgan fingerprint density at radius 2 is 2.11 bits per heavy atom. The number of anilines is 1. The smallest absolute Gasteiger partial charge is 0.310 e. The van der Waals surface area contributed by atoms with Crippen molar-refractivity contribution in [1.82, 2.24) is 9.78 Å². The third kappa shape index (κ3) is 3.43. The number of nitrogens with two attached hydrogens (primary N) is 1. The fourth-order valence-electron chi connectivity index (χ4n) is 2.97. The molecule has 0 saturated carbocycles. The van der Waals surface area contributed by atoms with E-state index >= 15 is 0 Å². The molecule has 1 aliphatic heterocycles. The SMILES string of the molecule is CC(Nc1ccc(F)c(C2(C)N=C(N)OCC2(F)F)c1)c1nn(C)cc1Cl. The molecule has 0 spiro atoms. The number of nitrogens with zero attached hydrogens (tertiary/aromatic N) is 3. The van der Waals surface area contributed by atoms with Gasteiger partial charge in [-0.15, -0.1) is 0 Å². The van der Waals surface area contributed by atoms with Crippen LogP contribution < -0.4 is 11.1 Å². The molecule has 0 bridgehead atoms. The van der Waals surface area contributed by atoms with E-state index in [-0.39, 0.29) is 11.6 Å². The topological polar surface area (TPSA) is 77.5 Å². The van der Waals surface area contributed by atoms with Crippen molar-refractivity contribution < 1.29 is 17.9 Å². The number of nitrogens with one attached hydrogen (secondary N) is 1. The number of rotatable bonds is 4. The van der Waals surface area contributed by atoms with Gasteiger partial charge < -0.3 is 15.8 Å². The zero-order chi connectivity index (χ0) is 20.0. The van der Waals surface area contributed by atoms with E-state index in [0.717, 1.165) is 13.0 Å². The maximum atomic E-state index is 14.5. The van der Waals surface area contributed by atoms with Crippen molar-refractivity contribution in [3.8, 4) is 0 Å². The van der Waals surface area contributed by atoms with Crippen LogP contribution in [0.15, 0.2) is 29.4 Å². The summed E-state index contributed by atoms with van der Waals surface area (Å²) in [6, 6.07) is 3.09. The van der Waals surface area contributed by atoms with E-state index in [1.54, 1.807) is 24.9 Å². The van der Waals surface area contributed by atoms with Crippen molar-refractivity contribution in [3.63, 3.8) is 0 Å². The molecule has 0 amide bonds. The number of aromatic nitrogens is 2. The maximum absolute atomic E-state index is 14.5. The Morgan fingerprint density at radius 3 is 2.74 bits per heavy atom. The third-order valence-electron chi connectivity index (χ3n) is 4.54. The minimum Gasteiger partial charge on any atom is -0.459 e. The normalized spacial score (nSPS) is 22.7. The summed E-state index contributed by atoms with van der Waals surface area (Å²) in [6.07, 6.45) is 1.65. The summed E-state index contributed by atoms with van der Waals surface area (Å²) in [7, 11) is 1.73. The van der Waals surface area contributed by atoms with Gasteiger partial charge >= 0.3 is 5.92 Å². The van der Waals surface area contributed by atoms with Gasteiger partial charge in [0.1, 0.15) is 11.5 Å². The van der Waals surface area contributed by atoms with Gasteiger partial charge in [-0.1, -0.05) is 11.6 Å². The van der Waals surface area contributed by atoms with Gasteiger partial charge in [0.05, 0.1) is 11.1 Å². The van der Waals surface area contributed by atoms with Crippen LogP contribution in [0.3, 0.4) is 0 Å². The largest absolute Gasteiger partial charge is 0.459 e. The minimum atomic E-state index is -3.44. The van der Waals surface area contributed by atoms with Gasteiger partial charge in [0, 0.05) is 24.5 Å². The van der Waals surface area contributed by atoms with E-state index in [1.165, 1.54) is 12.1 Å². The number of alkyl halides is 2. The van der Waals surface area contributed by atoms with Crippen LogP contribution in [-0.2, 0) is 17.3 Å². The van der Waals surface area contributed by atoms with Crippen LogP contribution in [0.2, 0.25) is 5.02 Å². The first-order chi connectivity index (χ1) is 12.5.